The van der Waals surface area contributed by atoms with Crippen LogP contribution in [-0.4, -0.2) is 28.0 Å². The maximum atomic E-state index is 9.16. The summed E-state index contributed by atoms with van der Waals surface area (Å²) >= 11 is 0. The van der Waals surface area contributed by atoms with E-state index >= 15 is 0 Å². The molecule has 6 heteroatoms. The van der Waals surface area contributed by atoms with E-state index in [0.717, 1.165) is 37.2 Å². The first-order chi connectivity index (χ1) is 10.8. The van der Waals surface area contributed by atoms with E-state index < -0.39 is 0 Å². The van der Waals surface area contributed by atoms with Gasteiger partial charge in [0.25, 0.3) is 0 Å². The number of anilines is 3. The molecular weight excluding hydrogens is 276 g/mol. The van der Waals surface area contributed by atoms with Gasteiger partial charge in [-0.1, -0.05) is 18.2 Å². The standard InChI is InChI=1S/C16H18N6/c1-12-7-3-4-8-13(12)18-15-19-14(11-17)20-16(21-15)22-9-5-2-6-10-22/h3-4,7-8H,2,5-6,9-10H2,1H3,(H,18,19,20,21). The molecule has 1 aromatic carbocycles. The van der Waals surface area contributed by atoms with Crippen LogP contribution in [0.25, 0.3) is 0 Å². The number of piperidine rings is 1. The van der Waals surface area contributed by atoms with Gasteiger partial charge in [-0.25, -0.2) is 0 Å². The van der Waals surface area contributed by atoms with E-state index in [0.29, 0.717) is 11.9 Å². The Labute approximate surface area is 129 Å². The molecule has 0 bridgehead atoms. The van der Waals surface area contributed by atoms with Gasteiger partial charge in [0.05, 0.1) is 0 Å². The molecule has 3 rings (SSSR count). The Morgan fingerprint density at radius 1 is 1.09 bits per heavy atom. The molecule has 1 fully saturated rings. The van der Waals surface area contributed by atoms with Crippen LogP contribution in [0.15, 0.2) is 24.3 Å². The average Bonchev–Trinajstić information content (AvgIpc) is 2.57. The van der Waals surface area contributed by atoms with E-state index in [2.05, 4.69) is 25.2 Å². The first kappa shape index (κ1) is 14.3. The Morgan fingerprint density at radius 2 is 1.86 bits per heavy atom. The summed E-state index contributed by atoms with van der Waals surface area (Å²) in [6.45, 7) is 3.87. The Hall–Kier alpha value is -2.68. The number of hydrogen-bond donors (Lipinski definition) is 1. The van der Waals surface area contributed by atoms with Crippen LogP contribution in [0.5, 0.6) is 0 Å². The molecule has 0 atom stereocenters. The maximum absolute atomic E-state index is 9.16. The smallest absolute Gasteiger partial charge is 0.238 e. The third kappa shape index (κ3) is 3.14. The third-order valence-corrected chi connectivity index (χ3v) is 3.75. The lowest BCUT2D eigenvalue weighted by Gasteiger charge is -2.26. The minimum absolute atomic E-state index is 0.145. The summed E-state index contributed by atoms with van der Waals surface area (Å²) in [5.74, 6) is 1.15. The molecule has 22 heavy (non-hydrogen) atoms. The number of benzene rings is 1. The third-order valence-electron chi connectivity index (χ3n) is 3.75. The molecule has 1 N–H and O–H groups in total. The highest BCUT2D eigenvalue weighted by Crippen LogP contribution is 2.20. The lowest BCUT2D eigenvalue weighted by Crippen LogP contribution is -2.31. The van der Waals surface area contributed by atoms with Gasteiger partial charge < -0.3 is 10.2 Å². The summed E-state index contributed by atoms with van der Waals surface area (Å²) in [5, 5.41) is 12.3. The number of nitrogens with one attached hydrogen (secondary N) is 1. The van der Waals surface area contributed by atoms with E-state index in [9.17, 15) is 0 Å². The van der Waals surface area contributed by atoms with Gasteiger partial charge >= 0.3 is 0 Å². The number of rotatable bonds is 3. The van der Waals surface area contributed by atoms with Crippen LogP contribution >= 0.6 is 0 Å². The second kappa shape index (κ2) is 6.39. The zero-order chi connectivity index (χ0) is 15.4. The van der Waals surface area contributed by atoms with Crippen molar-refractivity contribution in [1.82, 2.24) is 15.0 Å². The number of nitriles is 1. The van der Waals surface area contributed by atoms with E-state index in [1.807, 2.05) is 37.3 Å². The normalized spacial score (nSPS) is 14.5. The number of aryl methyl sites for hydroxylation is 1. The van der Waals surface area contributed by atoms with E-state index in [-0.39, 0.29) is 5.82 Å². The Bertz CT molecular complexity index is 700. The van der Waals surface area contributed by atoms with Crippen molar-refractivity contribution in [1.29, 1.82) is 5.26 Å². The highest BCUT2D eigenvalue weighted by molar-refractivity contribution is 5.58. The number of nitrogens with zero attached hydrogens (tertiary/aromatic N) is 5. The first-order valence-corrected chi connectivity index (χ1v) is 7.50. The molecule has 2 heterocycles. The van der Waals surface area contributed by atoms with Gasteiger partial charge in [-0.15, -0.1) is 0 Å². The fourth-order valence-corrected chi connectivity index (χ4v) is 2.54. The maximum Gasteiger partial charge on any atom is 0.238 e. The van der Waals surface area contributed by atoms with Crippen molar-refractivity contribution in [3.63, 3.8) is 0 Å². The van der Waals surface area contributed by atoms with Crippen LogP contribution in [0.1, 0.15) is 30.7 Å². The largest absolute Gasteiger partial charge is 0.341 e. The van der Waals surface area contributed by atoms with E-state index in [4.69, 9.17) is 5.26 Å². The molecule has 1 saturated heterocycles. The summed E-state index contributed by atoms with van der Waals surface area (Å²) < 4.78 is 0. The van der Waals surface area contributed by atoms with Crippen molar-refractivity contribution in [2.24, 2.45) is 0 Å². The molecule has 2 aromatic rings. The molecule has 112 valence electrons. The molecule has 1 aromatic heterocycles. The molecule has 0 unspecified atom stereocenters. The van der Waals surface area contributed by atoms with Gasteiger partial charge in [0.15, 0.2) is 0 Å². The van der Waals surface area contributed by atoms with Gasteiger partial charge in [0.1, 0.15) is 6.07 Å². The molecule has 0 spiro atoms. The zero-order valence-corrected chi connectivity index (χ0v) is 12.6. The molecule has 1 aliphatic heterocycles. The summed E-state index contributed by atoms with van der Waals surface area (Å²) in [5.41, 5.74) is 2.03. The van der Waals surface area contributed by atoms with Crippen LogP contribution in [-0.2, 0) is 0 Å². The van der Waals surface area contributed by atoms with Crippen LogP contribution in [0.3, 0.4) is 0 Å². The lowest BCUT2D eigenvalue weighted by molar-refractivity contribution is 0.567. The van der Waals surface area contributed by atoms with E-state index in [1.165, 1.54) is 6.42 Å². The predicted molar refractivity (Wildman–Crippen MR) is 85.1 cm³/mol. The number of aromatic nitrogens is 3. The lowest BCUT2D eigenvalue weighted by atomic mass is 10.1. The van der Waals surface area contributed by atoms with Gasteiger partial charge in [0.2, 0.25) is 17.7 Å². The van der Waals surface area contributed by atoms with Crippen molar-refractivity contribution in [3.8, 4) is 6.07 Å². The van der Waals surface area contributed by atoms with Crippen molar-refractivity contribution >= 4 is 17.6 Å². The van der Waals surface area contributed by atoms with Gasteiger partial charge in [0, 0.05) is 18.8 Å². The average molecular weight is 294 g/mol. The molecule has 1 aliphatic rings. The van der Waals surface area contributed by atoms with Crippen LogP contribution in [0.2, 0.25) is 0 Å². The monoisotopic (exact) mass is 294 g/mol. The highest BCUT2D eigenvalue weighted by Gasteiger charge is 2.16. The SMILES string of the molecule is Cc1ccccc1Nc1nc(C#N)nc(N2CCCCC2)n1. The topological polar surface area (TPSA) is 77.7 Å². The predicted octanol–water partition coefficient (Wildman–Crippen LogP) is 2.79. The van der Waals surface area contributed by atoms with Crippen LogP contribution in [0, 0.1) is 18.3 Å². The first-order valence-electron chi connectivity index (χ1n) is 7.50. The number of hydrogen-bond acceptors (Lipinski definition) is 6. The van der Waals surface area contributed by atoms with Crippen molar-refractivity contribution in [2.75, 3.05) is 23.3 Å². The van der Waals surface area contributed by atoms with Crippen LogP contribution < -0.4 is 10.2 Å². The molecule has 0 aliphatic carbocycles. The second-order valence-corrected chi connectivity index (χ2v) is 5.38. The fourth-order valence-electron chi connectivity index (χ4n) is 2.54. The molecule has 0 saturated carbocycles. The summed E-state index contributed by atoms with van der Waals surface area (Å²) in [4.78, 5) is 15.0. The van der Waals surface area contributed by atoms with Crippen molar-refractivity contribution in [2.45, 2.75) is 26.2 Å². The zero-order valence-electron chi connectivity index (χ0n) is 12.6. The Balaban J connectivity index is 1.90. The van der Waals surface area contributed by atoms with Gasteiger partial charge in [-0.05, 0) is 37.8 Å². The Kier molecular flexibility index (Phi) is 4.15. The van der Waals surface area contributed by atoms with Gasteiger partial charge in [-0.2, -0.15) is 20.2 Å². The number of para-hydroxylation sites is 1. The van der Waals surface area contributed by atoms with Crippen molar-refractivity contribution in [3.05, 3.63) is 35.7 Å². The second-order valence-electron chi connectivity index (χ2n) is 5.38. The summed E-state index contributed by atoms with van der Waals surface area (Å²) in [6, 6.07) is 9.93. The minimum atomic E-state index is 0.145. The van der Waals surface area contributed by atoms with E-state index in [1.54, 1.807) is 0 Å². The van der Waals surface area contributed by atoms with Crippen LogP contribution in [0.4, 0.5) is 17.6 Å². The highest BCUT2D eigenvalue weighted by atomic mass is 15.3. The quantitative estimate of drug-likeness (QED) is 0.938. The summed E-state index contributed by atoms with van der Waals surface area (Å²) in [6.07, 6.45) is 3.50. The molecule has 6 nitrogen and oxygen atoms in total. The molecular formula is C16H18N6. The van der Waals surface area contributed by atoms with Crippen molar-refractivity contribution < 1.29 is 0 Å². The molecule has 0 amide bonds. The Morgan fingerprint density at radius 3 is 2.59 bits per heavy atom. The fraction of sp³-hybridized carbons (Fsp3) is 0.375. The minimum Gasteiger partial charge on any atom is -0.341 e. The molecule has 0 radical (unpaired) electrons. The van der Waals surface area contributed by atoms with Gasteiger partial charge in [-0.3, -0.25) is 0 Å². The summed E-state index contributed by atoms with van der Waals surface area (Å²) in [7, 11) is 0.